The molecule has 1 unspecified atom stereocenters. The van der Waals surface area contributed by atoms with Crippen molar-refractivity contribution in [1.29, 1.82) is 0 Å². The fourth-order valence-corrected chi connectivity index (χ4v) is 1.49. The fourth-order valence-electron chi connectivity index (χ4n) is 1.49. The maximum absolute atomic E-state index is 11.3. The summed E-state index contributed by atoms with van der Waals surface area (Å²) in [6, 6.07) is 0. The summed E-state index contributed by atoms with van der Waals surface area (Å²) in [5.41, 5.74) is 0. The SMILES string of the molecule is CCCCC(C)COC(=O)CCCCC(=O)O. The van der Waals surface area contributed by atoms with Crippen LogP contribution in [0, 0.1) is 5.92 Å². The van der Waals surface area contributed by atoms with Crippen LogP contribution in [0.25, 0.3) is 0 Å². The highest BCUT2D eigenvalue weighted by molar-refractivity contribution is 5.69. The second-order valence-electron chi connectivity index (χ2n) is 4.53. The van der Waals surface area contributed by atoms with Crippen LogP contribution in [0.4, 0.5) is 0 Å². The number of carboxylic acids is 1. The van der Waals surface area contributed by atoms with Crippen molar-refractivity contribution < 1.29 is 19.4 Å². The molecule has 0 radical (unpaired) electrons. The Labute approximate surface area is 103 Å². The Balaban J connectivity index is 3.42. The van der Waals surface area contributed by atoms with Gasteiger partial charge >= 0.3 is 11.9 Å². The number of ether oxygens (including phenoxy) is 1. The molecular formula is C13H24O4. The molecule has 0 bridgehead atoms. The Bertz CT molecular complexity index is 225. The molecule has 0 aliphatic heterocycles. The quantitative estimate of drug-likeness (QED) is 0.474. The lowest BCUT2D eigenvalue weighted by molar-refractivity contribution is -0.145. The van der Waals surface area contributed by atoms with Gasteiger partial charge in [0.05, 0.1) is 6.61 Å². The molecule has 0 heterocycles. The summed E-state index contributed by atoms with van der Waals surface area (Å²) in [6.07, 6.45) is 4.99. The predicted molar refractivity (Wildman–Crippen MR) is 65.8 cm³/mol. The predicted octanol–water partition coefficient (Wildman–Crippen LogP) is 3.00. The van der Waals surface area contributed by atoms with Gasteiger partial charge in [-0.1, -0.05) is 26.7 Å². The number of rotatable bonds is 10. The largest absolute Gasteiger partial charge is 0.481 e. The number of esters is 1. The number of unbranched alkanes of at least 4 members (excludes halogenated alkanes) is 2. The molecule has 4 nitrogen and oxygen atoms in total. The molecule has 0 spiro atoms. The van der Waals surface area contributed by atoms with E-state index in [0.29, 0.717) is 31.8 Å². The summed E-state index contributed by atoms with van der Waals surface area (Å²) < 4.78 is 5.12. The first kappa shape index (κ1) is 15.9. The van der Waals surface area contributed by atoms with Crippen molar-refractivity contribution in [3.8, 4) is 0 Å². The van der Waals surface area contributed by atoms with Crippen molar-refractivity contribution >= 4 is 11.9 Å². The second-order valence-corrected chi connectivity index (χ2v) is 4.53. The standard InChI is InChI=1S/C13H24O4/c1-3-4-7-11(2)10-17-13(16)9-6-5-8-12(14)15/h11H,3-10H2,1-2H3,(H,14,15). The number of carbonyl (C=O) groups is 2. The molecular weight excluding hydrogens is 220 g/mol. The fraction of sp³-hybridized carbons (Fsp3) is 0.846. The van der Waals surface area contributed by atoms with Gasteiger partial charge in [0.2, 0.25) is 0 Å². The van der Waals surface area contributed by atoms with Crippen LogP contribution in [0.15, 0.2) is 0 Å². The zero-order valence-corrected chi connectivity index (χ0v) is 10.9. The minimum Gasteiger partial charge on any atom is -0.481 e. The lowest BCUT2D eigenvalue weighted by atomic mass is 10.1. The normalized spacial score (nSPS) is 12.1. The average molecular weight is 244 g/mol. The molecule has 0 aliphatic carbocycles. The zero-order chi connectivity index (χ0) is 13.1. The van der Waals surface area contributed by atoms with Crippen molar-refractivity contribution in [3.05, 3.63) is 0 Å². The van der Waals surface area contributed by atoms with Gasteiger partial charge < -0.3 is 9.84 Å². The Morgan fingerprint density at radius 1 is 1.18 bits per heavy atom. The lowest BCUT2D eigenvalue weighted by Crippen LogP contribution is -2.11. The maximum Gasteiger partial charge on any atom is 0.305 e. The topological polar surface area (TPSA) is 63.6 Å². The van der Waals surface area contributed by atoms with E-state index < -0.39 is 5.97 Å². The van der Waals surface area contributed by atoms with Gasteiger partial charge in [0.15, 0.2) is 0 Å². The van der Waals surface area contributed by atoms with Gasteiger partial charge in [0.25, 0.3) is 0 Å². The molecule has 1 N–H and O–H groups in total. The van der Waals surface area contributed by atoms with E-state index in [4.69, 9.17) is 9.84 Å². The molecule has 0 aromatic carbocycles. The highest BCUT2D eigenvalue weighted by atomic mass is 16.5. The average Bonchev–Trinajstić information content (AvgIpc) is 2.29. The van der Waals surface area contributed by atoms with Gasteiger partial charge in [-0.2, -0.15) is 0 Å². The van der Waals surface area contributed by atoms with E-state index in [9.17, 15) is 9.59 Å². The molecule has 100 valence electrons. The van der Waals surface area contributed by atoms with Crippen LogP contribution < -0.4 is 0 Å². The molecule has 0 aliphatic rings. The Hall–Kier alpha value is -1.06. The molecule has 0 saturated carbocycles. The third kappa shape index (κ3) is 11.2. The van der Waals surface area contributed by atoms with Gasteiger partial charge in [-0.25, -0.2) is 0 Å². The van der Waals surface area contributed by atoms with Crippen LogP contribution in [0.1, 0.15) is 58.8 Å². The summed E-state index contributed by atoms with van der Waals surface area (Å²) in [4.78, 5) is 21.5. The van der Waals surface area contributed by atoms with Crippen LogP contribution in [0.3, 0.4) is 0 Å². The van der Waals surface area contributed by atoms with E-state index >= 15 is 0 Å². The van der Waals surface area contributed by atoms with Crippen LogP contribution in [0.2, 0.25) is 0 Å². The van der Waals surface area contributed by atoms with Crippen LogP contribution in [0.5, 0.6) is 0 Å². The number of hydrogen-bond acceptors (Lipinski definition) is 3. The highest BCUT2D eigenvalue weighted by Crippen LogP contribution is 2.09. The Kier molecular flexibility index (Phi) is 9.49. The van der Waals surface area contributed by atoms with Crippen LogP contribution >= 0.6 is 0 Å². The summed E-state index contributed by atoms with van der Waals surface area (Å²) in [5.74, 6) is -0.608. The number of hydrogen-bond donors (Lipinski definition) is 1. The minimum atomic E-state index is -0.813. The molecule has 0 fully saturated rings. The molecule has 1 atom stereocenters. The van der Waals surface area contributed by atoms with E-state index in [-0.39, 0.29) is 12.4 Å². The summed E-state index contributed by atoms with van der Waals surface area (Å²) in [5, 5.41) is 8.42. The molecule has 0 saturated heterocycles. The number of aliphatic carboxylic acids is 1. The van der Waals surface area contributed by atoms with Crippen LogP contribution in [-0.2, 0) is 14.3 Å². The van der Waals surface area contributed by atoms with E-state index in [0.717, 1.165) is 19.3 Å². The van der Waals surface area contributed by atoms with E-state index in [1.54, 1.807) is 0 Å². The van der Waals surface area contributed by atoms with Crippen LogP contribution in [-0.4, -0.2) is 23.7 Å². The minimum absolute atomic E-state index is 0.125. The Morgan fingerprint density at radius 3 is 2.41 bits per heavy atom. The Morgan fingerprint density at radius 2 is 1.82 bits per heavy atom. The van der Waals surface area contributed by atoms with E-state index in [1.807, 2.05) is 0 Å². The van der Waals surface area contributed by atoms with E-state index in [1.165, 1.54) is 0 Å². The van der Waals surface area contributed by atoms with Crippen molar-refractivity contribution in [1.82, 2.24) is 0 Å². The zero-order valence-electron chi connectivity index (χ0n) is 10.9. The van der Waals surface area contributed by atoms with Gasteiger partial charge in [-0.3, -0.25) is 9.59 Å². The van der Waals surface area contributed by atoms with Gasteiger partial charge in [-0.15, -0.1) is 0 Å². The van der Waals surface area contributed by atoms with E-state index in [2.05, 4.69) is 13.8 Å². The first-order valence-corrected chi connectivity index (χ1v) is 6.43. The smallest absolute Gasteiger partial charge is 0.305 e. The first-order chi connectivity index (χ1) is 8.06. The third-order valence-corrected chi connectivity index (χ3v) is 2.60. The van der Waals surface area contributed by atoms with Gasteiger partial charge in [0.1, 0.15) is 0 Å². The third-order valence-electron chi connectivity index (χ3n) is 2.60. The second kappa shape index (κ2) is 10.1. The molecule has 17 heavy (non-hydrogen) atoms. The molecule has 0 amide bonds. The summed E-state index contributed by atoms with van der Waals surface area (Å²) >= 11 is 0. The molecule has 0 aromatic heterocycles. The van der Waals surface area contributed by atoms with Crippen molar-refractivity contribution in [2.75, 3.05) is 6.61 Å². The highest BCUT2D eigenvalue weighted by Gasteiger charge is 2.07. The summed E-state index contributed by atoms with van der Waals surface area (Å²) in [6.45, 7) is 4.70. The number of carbonyl (C=O) groups excluding carboxylic acids is 1. The first-order valence-electron chi connectivity index (χ1n) is 6.43. The van der Waals surface area contributed by atoms with Crippen molar-refractivity contribution in [2.45, 2.75) is 58.8 Å². The molecule has 0 aromatic rings. The van der Waals surface area contributed by atoms with Gasteiger partial charge in [0, 0.05) is 12.8 Å². The van der Waals surface area contributed by atoms with Crippen molar-refractivity contribution in [3.63, 3.8) is 0 Å². The monoisotopic (exact) mass is 244 g/mol. The lowest BCUT2D eigenvalue weighted by Gasteiger charge is -2.11. The summed E-state index contributed by atoms with van der Waals surface area (Å²) in [7, 11) is 0. The van der Waals surface area contributed by atoms with Crippen molar-refractivity contribution in [2.24, 2.45) is 5.92 Å². The molecule has 0 rings (SSSR count). The van der Waals surface area contributed by atoms with Gasteiger partial charge in [-0.05, 0) is 25.2 Å². The molecule has 4 heteroatoms. The maximum atomic E-state index is 11.3. The number of carboxylic acid groups (broad SMARTS) is 1.